The van der Waals surface area contributed by atoms with Gasteiger partial charge in [-0.05, 0) is 18.2 Å². The molecule has 1 unspecified atom stereocenters. The van der Waals surface area contributed by atoms with Crippen LogP contribution in [0.1, 0.15) is 6.42 Å². The standard InChI is InChI=1S/C7H15Cl2N2O2P.C6H12N3PS/c8-2-5-11(6-3-9)14(12)10-4-1-7-13-14;11-10(7-1-2-7,8-3-4-8)9-5-6-9/h1-7H2,(H,10,12);1-6H2. The number of rotatable bonds is 8. The van der Waals surface area contributed by atoms with Gasteiger partial charge in [-0.3, -0.25) is 4.57 Å². The van der Waals surface area contributed by atoms with E-state index in [9.17, 15) is 4.57 Å². The van der Waals surface area contributed by atoms with Crippen LogP contribution in [0.4, 0.5) is 0 Å². The van der Waals surface area contributed by atoms with E-state index < -0.39 is 14.2 Å². The van der Waals surface area contributed by atoms with Crippen LogP contribution in [0.25, 0.3) is 0 Å². The zero-order chi connectivity index (χ0) is 17.9. The summed E-state index contributed by atoms with van der Waals surface area (Å²) in [5, 5.41) is 2.91. The number of halogens is 2. The predicted octanol–water partition coefficient (Wildman–Crippen LogP) is 2.04. The minimum Gasteiger partial charge on any atom is -0.306 e. The first-order valence-corrected chi connectivity index (χ1v) is 14.1. The molecule has 0 spiro atoms. The van der Waals surface area contributed by atoms with E-state index in [4.69, 9.17) is 39.5 Å². The van der Waals surface area contributed by atoms with Gasteiger partial charge in [0, 0.05) is 70.7 Å². The highest BCUT2D eigenvalue weighted by Crippen LogP contribution is 2.65. The molecule has 4 fully saturated rings. The van der Waals surface area contributed by atoms with Crippen LogP contribution in [0.5, 0.6) is 0 Å². The third-order valence-electron chi connectivity index (χ3n) is 4.33. The van der Waals surface area contributed by atoms with Crippen LogP contribution < -0.4 is 5.09 Å². The molecule has 4 rings (SSSR count). The molecule has 0 saturated carbocycles. The summed E-state index contributed by atoms with van der Waals surface area (Å²) in [6.45, 7) is 8.56. The molecule has 4 saturated heterocycles. The second-order valence-corrected chi connectivity index (χ2v) is 13.5. The third kappa shape index (κ3) is 5.39. The van der Waals surface area contributed by atoms with Crippen LogP contribution in [-0.2, 0) is 20.9 Å². The molecule has 4 aliphatic heterocycles. The lowest BCUT2D eigenvalue weighted by Crippen LogP contribution is -2.35. The van der Waals surface area contributed by atoms with Crippen LogP contribution in [0.3, 0.4) is 0 Å². The topological polar surface area (TPSA) is 50.6 Å². The van der Waals surface area contributed by atoms with Crippen molar-refractivity contribution in [2.24, 2.45) is 0 Å². The van der Waals surface area contributed by atoms with Gasteiger partial charge in [0.1, 0.15) is 6.49 Å². The predicted molar refractivity (Wildman–Crippen MR) is 108 cm³/mol. The van der Waals surface area contributed by atoms with Gasteiger partial charge < -0.3 is 4.52 Å². The van der Waals surface area contributed by atoms with Crippen molar-refractivity contribution in [3.05, 3.63) is 0 Å². The van der Waals surface area contributed by atoms with E-state index in [1.54, 1.807) is 4.67 Å². The van der Waals surface area contributed by atoms with Crippen LogP contribution in [0.15, 0.2) is 0 Å². The van der Waals surface area contributed by atoms with E-state index >= 15 is 0 Å². The van der Waals surface area contributed by atoms with Gasteiger partial charge in [-0.2, -0.15) is 0 Å². The van der Waals surface area contributed by atoms with Crippen LogP contribution in [0.2, 0.25) is 0 Å². The molecule has 0 bridgehead atoms. The number of nitrogens with one attached hydrogen (secondary N) is 1. The summed E-state index contributed by atoms with van der Waals surface area (Å²) in [4.78, 5) is 0. The fraction of sp³-hybridized carbons (Fsp3) is 1.00. The zero-order valence-corrected chi connectivity index (χ0v) is 18.5. The molecule has 0 aromatic carbocycles. The number of alkyl halides is 2. The van der Waals surface area contributed by atoms with Crippen LogP contribution in [0, 0.1) is 0 Å². The second-order valence-electron chi connectivity index (χ2n) is 6.32. The first-order valence-electron chi connectivity index (χ1n) is 8.78. The van der Waals surface area contributed by atoms with Crippen molar-refractivity contribution in [3.63, 3.8) is 0 Å². The zero-order valence-electron chi connectivity index (χ0n) is 14.4. The van der Waals surface area contributed by atoms with E-state index in [1.165, 1.54) is 39.3 Å². The first-order chi connectivity index (χ1) is 12.0. The molecule has 1 atom stereocenters. The van der Waals surface area contributed by atoms with Crippen molar-refractivity contribution in [2.45, 2.75) is 6.42 Å². The molecular formula is C13H27Cl2N5O2P2S. The normalized spacial score (nSPS) is 30.0. The van der Waals surface area contributed by atoms with Crippen LogP contribution >= 0.6 is 37.4 Å². The van der Waals surface area contributed by atoms with Crippen molar-refractivity contribution in [2.75, 3.05) is 77.3 Å². The molecule has 0 radical (unpaired) electrons. The van der Waals surface area contributed by atoms with Crippen LogP contribution in [-0.4, -0.2) is 96.0 Å². The Morgan fingerprint density at radius 2 is 1.52 bits per heavy atom. The van der Waals surface area contributed by atoms with Gasteiger partial charge >= 0.3 is 7.67 Å². The highest BCUT2D eigenvalue weighted by molar-refractivity contribution is 8.11. The van der Waals surface area contributed by atoms with Gasteiger partial charge in [-0.1, -0.05) is 0 Å². The maximum Gasteiger partial charge on any atom is 0.343 e. The summed E-state index contributed by atoms with van der Waals surface area (Å²) in [7, 11) is -2.84. The summed E-state index contributed by atoms with van der Waals surface area (Å²) in [5.41, 5.74) is 0. The average Bonchev–Trinajstić information content (AvgIpc) is 3.48. The van der Waals surface area contributed by atoms with Gasteiger partial charge in [-0.15, -0.1) is 23.2 Å². The maximum atomic E-state index is 12.2. The summed E-state index contributed by atoms with van der Waals surface area (Å²) >= 11 is 17.0. The van der Waals surface area contributed by atoms with Gasteiger partial charge in [0.05, 0.1) is 6.61 Å². The van der Waals surface area contributed by atoms with Crippen molar-refractivity contribution in [3.8, 4) is 0 Å². The lowest BCUT2D eigenvalue weighted by atomic mass is 10.5. The molecule has 7 nitrogen and oxygen atoms in total. The Morgan fingerprint density at radius 1 is 1.04 bits per heavy atom. The Labute approximate surface area is 165 Å². The fourth-order valence-electron chi connectivity index (χ4n) is 2.73. The Morgan fingerprint density at radius 3 is 1.84 bits per heavy atom. The Hall–Kier alpha value is 1.22. The monoisotopic (exact) mass is 449 g/mol. The summed E-state index contributed by atoms with van der Waals surface area (Å²) < 4.78 is 26.6. The smallest absolute Gasteiger partial charge is 0.306 e. The first kappa shape index (κ1) is 20.9. The summed E-state index contributed by atoms with van der Waals surface area (Å²) in [5.74, 6) is 0.845. The Balaban J connectivity index is 0.000000149. The maximum absolute atomic E-state index is 12.2. The quantitative estimate of drug-likeness (QED) is 0.343. The molecular weight excluding hydrogens is 423 g/mol. The second kappa shape index (κ2) is 9.15. The van der Waals surface area contributed by atoms with Crippen molar-refractivity contribution >= 4 is 49.2 Å². The Kier molecular flexibility index (Phi) is 7.66. The van der Waals surface area contributed by atoms with E-state index in [2.05, 4.69) is 19.1 Å². The molecule has 4 heterocycles. The molecule has 0 aromatic heterocycles. The molecule has 0 aromatic rings. The number of nitrogens with zero attached hydrogens (tertiary/aromatic N) is 4. The number of hydrogen-bond donors (Lipinski definition) is 1. The summed E-state index contributed by atoms with van der Waals surface area (Å²) in [6, 6.07) is 0. The van der Waals surface area contributed by atoms with Gasteiger partial charge in [0.15, 0.2) is 0 Å². The molecule has 1 N–H and O–H groups in total. The third-order valence-corrected chi connectivity index (χ3v) is 12.5. The minimum absolute atomic E-state index is 0.423. The van der Waals surface area contributed by atoms with Gasteiger partial charge in [0.25, 0.3) is 0 Å². The van der Waals surface area contributed by atoms with Crippen molar-refractivity contribution in [1.82, 2.24) is 23.8 Å². The minimum atomic E-state index is -2.84. The fourth-order valence-corrected chi connectivity index (χ4v) is 9.75. The lowest BCUT2D eigenvalue weighted by Gasteiger charge is -2.33. The molecule has 146 valence electrons. The molecule has 0 aliphatic carbocycles. The lowest BCUT2D eigenvalue weighted by molar-refractivity contribution is 0.233. The number of hydrogen-bond acceptors (Lipinski definition) is 3. The Bertz CT molecular complexity index is 494. The van der Waals surface area contributed by atoms with Gasteiger partial charge in [0.2, 0.25) is 0 Å². The van der Waals surface area contributed by atoms with E-state index in [-0.39, 0.29) is 0 Å². The average molecular weight is 450 g/mol. The highest BCUT2D eigenvalue weighted by Gasteiger charge is 2.50. The molecule has 0 amide bonds. The van der Waals surface area contributed by atoms with Crippen molar-refractivity contribution in [1.29, 1.82) is 0 Å². The van der Waals surface area contributed by atoms with E-state index in [1.807, 2.05) is 0 Å². The molecule has 12 heteroatoms. The van der Waals surface area contributed by atoms with Gasteiger partial charge in [-0.25, -0.2) is 23.8 Å². The molecule has 25 heavy (non-hydrogen) atoms. The largest absolute Gasteiger partial charge is 0.343 e. The highest BCUT2D eigenvalue weighted by atomic mass is 35.5. The van der Waals surface area contributed by atoms with Crippen molar-refractivity contribution < 1.29 is 9.09 Å². The SMILES string of the molecule is O=P1(N(CCCl)CCCl)NCCCO1.S=P(N1CC1)(N1CC1)N1CC1. The van der Waals surface area contributed by atoms with E-state index in [0.717, 1.165) is 13.0 Å². The summed E-state index contributed by atoms with van der Waals surface area (Å²) in [6.07, 6.45) is 0.888. The molecule has 4 aliphatic rings. The van der Waals surface area contributed by atoms with E-state index in [0.29, 0.717) is 31.5 Å².